The van der Waals surface area contributed by atoms with Gasteiger partial charge in [-0.1, -0.05) is 11.3 Å². The molecule has 1 fully saturated rings. The largest absolute Gasteiger partial charge is 0.481 e. The zero-order valence-electron chi connectivity index (χ0n) is 22.4. The molecule has 11 nitrogen and oxygen atoms in total. The van der Waals surface area contributed by atoms with Crippen LogP contribution in [-0.2, 0) is 4.74 Å². The highest BCUT2D eigenvalue weighted by Gasteiger charge is 2.33. The maximum absolute atomic E-state index is 15.1. The number of carbonyl (C=O) groups excluding carboxylic acids is 1. The lowest BCUT2D eigenvalue weighted by atomic mass is 10.1. The lowest BCUT2D eigenvalue weighted by molar-refractivity contribution is 0.0378. The molecule has 0 spiro atoms. The van der Waals surface area contributed by atoms with Crippen LogP contribution in [0, 0.1) is 12.7 Å². The minimum atomic E-state index is -0.653. The Hall–Kier alpha value is -4.65. The van der Waals surface area contributed by atoms with E-state index in [2.05, 4.69) is 30.2 Å². The monoisotopic (exact) mass is 576 g/mol. The molecule has 0 bridgehead atoms. The standard InChI is InChI=1S/C28H25FN6O5S/c1-14-9-16(24-18(10-14)33-23(38-3)13-31-24)26-34-19-11-17(29)25(35-27(19)41-26)39-20-5-4-6-21(20)40-28(36)32-15-7-8-22(37-2)30-12-15/h7-13,20-21H,4-6H2,1-3H3,(H,32,36)/t20-,21+/m0/s1. The topological polar surface area (TPSA) is 130 Å². The third-order valence-corrected chi connectivity index (χ3v) is 7.62. The maximum atomic E-state index is 15.1. The maximum Gasteiger partial charge on any atom is 0.412 e. The highest BCUT2D eigenvalue weighted by Crippen LogP contribution is 2.36. The van der Waals surface area contributed by atoms with E-state index in [0.29, 0.717) is 56.7 Å². The first-order chi connectivity index (χ1) is 19.9. The van der Waals surface area contributed by atoms with E-state index in [4.69, 9.17) is 18.9 Å². The Bertz CT molecular complexity index is 1750. The molecule has 1 amide bonds. The van der Waals surface area contributed by atoms with Crippen LogP contribution in [0.2, 0.25) is 0 Å². The second kappa shape index (κ2) is 11.1. The lowest BCUT2D eigenvalue weighted by Crippen LogP contribution is -2.33. The van der Waals surface area contributed by atoms with Gasteiger partial charge in [0.15, 0.2) is 5.82 Å². The predicted molar refractivity (Wildman–Crippen MR) is 150 cm³/mol. The van der Waals surface area contributed by atoms with E-state index in [1.807, 2.05) is 19.1 Å². The number of fused-ring (bicyclic) bond motifs is 2. The first kappa shape index (κ1) is 26.6. The highest BCUT2D eigenvalue weighted by molar-refractivity contribution is 7.21. The van der Waals surface area contributed by atoms with Crippen molar-refractivity contribution in [2.24, 2.45) is 0 Å². The van der Waals surface area contributed by atoms with Crippen LogP contribution in [0.25, 0.3) is 32.0 Å². The summed E-state index contributed by atoms with van der Waals surface area (Å²) in [5.41, 5.74) is 3.92. The summed E-state index contributed by atoms with van der Waals surface area (Å²) in [4.78, 5) is 35.1. The van der Waals surface area contributed by atoms with Gasteiger partial charge in [-0.25, -0.2) is 29.1 Å². The normalized spacial score (nSPS) is 16.6. The molecule has 1 aliphatic carbocycles. The number of nitrogens with one attached hydrogen (secondary N) is 1. The molecular weight excluding hydrogens is 551 g/mol. The molecule has 41 heavy (non-hydrogen) atoms. The number of thiazole rings is 1. The summed E-state index contributed by atoms with van der Waals surface area (Å²) in [6.07, 6.45) is 3.17. The smallest absolute Gasteiger partial charge is 0.412 e. The molecule has 6 rings (SSSR count). The molecule has 1 aromatic carbocycles. The molecule has 1 N–H and O–H groups in total. The van der Waals surface area contributed by atoms with Crippen LogP contribution in [0.4, 0.5) is 14.9 Å². The van der Waals surface area contributed by atoms with E-state index in [-0.39, 0.29) is 5.88 Å². The van der Waals surface area contributed by atoms with Gasteiger partial charge in [0, 0.05) is 17.7 Å². The highest BCUT2D eigenvalue weighted by atomic mass is 32.1. The molecule has 0 radical (unpaired) electrons. The van der Waals surface area contributed by atoms with Crippen LogP contribution in [0.1, 0.15) is 24.8 Å². The number of hydrogen-bond acceptors (Lipinski definition) is 11. The van der Waals surface area contributed by atoms with E-state index in [1.54, 1.807) is 18.3 Å². The van der Waals surface area contributed by atoms with Gasteiger partial charge in [0.25, 0.3) is 5.88 Å². The average molecular weight is 577 g/mol. The molecule has 13 heteroatoms. The summed E-state index contributed by atoms with van der Waals surface area (Å²) >= 11 is 1.30. The first-order valence-corrected chi connectivity index (χ1v) is 13.6. The van der Waals surface area contributed by atoms with Crippen LogP contribution in [0.5, 0.6) is 17.6 Å². The van der Waals surface area contributed by atoms with Gasteiger partial charge >= 0.3 is 6.09 Å². The fraction of sp³-hybridized carbons (Fsp3) is 0.286. The van der Waals surface area contributed by atoms with Crippen LogP contribution >= 0.6 is 11.3 Å². The first-order valence-electron chi connectivity index (χ1n) is 12.8. The number of halogens is 1. The Balaban J connectivity index is 1.21. The number of anilines is 1. The molecule has 210 valence electrons. The molecule has 4 aromatic heterocycles. The van der Waals surface area contributed by atoms with Gasteiger partial charge < -0.3 is 18.9 Å². The second-order valence-corrected chi connectivity index (χ2v) is 10.4. The third-order valence-electron chi connectivity index (χ3n) is 6.62. The number of rotatable bonds is 7. The number of benzene rings is 1. The number of nitrogens with zero attached hydrogens (tertiary/aromatic N) is 5. The number of aryl methyl sites for hydroxylation is 1. The Kier molecular flexibility index (Phi) is 7.18. The molecule has 0 saturated heterocycles. The van der Waals surface area contributed by atoms with Crippen molar-refractivity contribution in [3.8, 4) is 28.2 Å². The molecule has 2 atom stereocenters. The number of ether oxygens (including phenoxy) is 4. The van der Waals surface area contributed by atoms with Gasteiger partial charge in [-0.15, -0.1) is 0 Å². The van der Waals surface area contributed by atoms with Gasteiger partial charge in [0.1, 0.15) is 27.6 Å². The van der Waals surface area contributed by atoms with Crippen molar-refractivity contribution in [2.45, 2.75) is 38.4 Å². The molecule has 5 aromatic rings. The predicted octanol–water partition coefficient (Wildman–Crippen LogP) is 5.71. The molecule has 4 heterocycles. The minimum absolute atomic E-state index is 0.161. The number of aromatic nitrogens is 5. The van der Waals surface area contributed by atoms with E-state index in [0.717, 1.165) is 17.5 Å². The van der Waals surface area contributed by atoms with Gasteiger partial charge in [0.2, 0.25) is 11.8 Å². The van der Waals surface area contributed by atoms with Gasteiger partial charge in [-0.2, -0.15) is 4.98 Å². The zero-order chi connectivity index (χ0) is 28.5. The third kappa shape index (κ3) is 5.53. The summed E-state index contributed by atoms with van der Waals surface area (Å²) in [6.45, 7) is 1.95. The molecular formula is C28H25FN6O5S. The summed E-state index contributed by atoms with van der Waals surface area (Å²) in [7, 11) is 3.04. The summed E-state index contributed by atoms with van der Waals surface area (Å²) in [6, 6.07) is 8.45. The van der Waals surface area contributed by atoms with Gasteiger partial charge in [0.05, 0.1) is 43.3 Å². The number of hydrogen-bond donors (Lipinski definition) is 1. The number of methoxy groups -OCH3 is 2. The zero-order valence-corrected chi connectivity index (χ0v) is 23.2. The van der Waals surface area contributed by atoms with Crippen molar-refractivity contribution in [1.82, 2.24) is 24.9 Å². The molecule has 1 saturated carbocycles. The quantitative estimate of drug-likeness (QED) is 0.257. The van der Waals surface area contributed by atoms with Crippen molar-refractivity contribution in [3.63, 3.8) is 0 Å². The van der Waals surface area contributed by atoms with E-state index in [1.165, 1.54) is 37.8 Å². The van der Waals surface area contributed by atoms with Gasteiger partial charge in [-0.05, 0) is 49.9 Å². The van der Waals surface area contributed by atoms with E-state index < -0.39 is 24.1 Å². The lowest BCUT2D eigenvalue weighted by Gasteiger charge is -2.21. The number of pyridine rings is 2. The Labute approximate surface area is 237 Å². The summed E-state index contributed by atoms with van der Waals surface area (Å²) in [5, 5.41) is 3.26. The van der Waals surface area contributed by atoms with Crippen LogP contribution in [-0.4, -0.2) is 57.4 Å². The second-order valence-electron chi connectivity index (χ2n) is 9.46. The van der Waals surface area contributed by atoms with Crippen molar-refractivity contribution in [2.75, 3.05) is 19.5 Å². The fourth-order valence-corrected chi connectivity index (χ4v) is 5.63. The Morgan fingerprint density at radius 1 is 0.976 bits per heavy atom. The van der Waals surface area contributed by atoms with E-state index in [9.17, 15) is 4.79 Å². The fourth-order valence-electron chi connectivity index (χ4n) is 4.70. The van der Waals surface area contributed by atoms with Crippen LogP contribution < -0.4 is 19.5 Å². The van der Waals surface area contributed by atoms with Crippen LogP contribution in [0.3, 0.4) is 0 Å². The number of carbonyl (C=O) groups is 1. The van der Waals surface area contributed by atoms with Crippen molar-refractivity contribution in [1.29, 1.82) is 0 Å². The Morgan fingerprint density at radius 2 is 1.80 bits per heavy atom. The minimum Gasteiger partial charge on any atom is -0.481 e. The summed E-state index contributed by atoms with van der Waals surface area (Å²) in [5.74, 6) is 0.0292. The summed E-state index contributed by atoms with van der Waals surface area (Å²) < 4.78 is 36.9. The number of amides is 1. The van der Waals surface area contributed by atoms with Gasteiger partial charge in [-0.3, -0.25) is 5.32 Å². The van der Waals surface area contributed by atoms with Crippen molar-refractivity contribution >= 4 is 44.5 Å². The van der Waals surface area contributed by atoms with Crippen molar-refractivity contribution < 1.29 is 28.1 Å². The SMILES string of the molecule is COc1ccc(NC(=O)O[C@@H]2CCC[C@@H]2Oc2nc3sc(-c4cc(C)cc5nc(OC)cnc45)nc3cc2F)cn1. The van der Waals surface area contributed by atoms with E-state index >= 15 is 4.39 Å². The molecule has 0 unspecified atom stereocenters. The molecule has 1 aliphatic rings. The Morgan fingerprint density at radius 3 is 2.59 bits per heavy atom. The average Bonchev–Trinajstić information content (AvgIpc) is 3.58. The van der Waals surface area contributed by atoms with Crippen molar-refractivity contribution in [3.05, 3.63) is 54.1 Å². The van der Waals surface area contributed by atoms with Crippen LogP contribution in [0.15, 0.2) is 42.7 Å². The molecule has 0 aliphatic heterocycles.